The molecule has 0 aliphatic rings. The van der Waals surface area contributed by atoms with Gasteiger partial charge in [-0.2, -0.15) is 0 Å². The second-order valence-electron chi connectivity index (χ2n) is 4.39. The van der Waals surface area contributed by atoms with Crippen LogP contribution in [0, 0.1) is 0 Å². The summed E-state index contributed by atoms with van der Waals surface area (Å²) < 4.78 is 0. The molecule has 3 amide bonds. The summed E-state index contributed by atoms with van der Waals surface area (Å²) in [6, 6.07) is 9.36. The summed E-state index contributed by atoms with van der Waals surface area (Å²) in [7, 11) is 0. The average molecular weight is 278 g/mol. The number of amides is 3. The van der Waals surface area contributed by atoms with Crippen molar-refractivity contribution in [3.63, 3.8) is 0 Å². The van der Waals surface area contributed by atoms with Gasteiger partial charge in [-0.1, -0.05) is 30.3 Å². The zero-order valence-corrected chi connectivity index (χ0v) is 11.8. The Morgan fingerprint density at radius 3 is 2.55 bits per heavy atom. The standard InChI is InChI=1S/C14H22N4O2/c1-2-16-14(20)17-13(19)11-18(9-8-15)10-12-6-4-3-5-7-12/h3-7H,2,8-11,15H2,1H3,(H2,16,17,19,20). The van der Waals surface area contributed by atoms with E-state index in [-0.39, 0.29) is 12.5 Å². The van der Waals surface area contributed by atoms with Gasteiger partial charge in [0.1, 0.15) is 0 Å². The molecule has 0 radical (unpaired) electrons. The largest absolute Gasteiger partial charge is 0.338 e. The van der Waals surface area contributed by atoms with Gasteiger partial charge < -0.3 is 11.1 Å². The van der Waals surface area contributed by atoms with Crippen molar-refractivity contribution in [1.29, 1.82) is 0 Å². The summed E-state index contributed by atoms with van der Waals surface area (Å²) in [5.74, 6) is -0.333. The Morgan fingerprint density at radius 1 is 1.25 bits per heavy atom. The van der Waals surface area contributed by atoms with Crippen molar-refractivity contribution >= 4 is 11.9 Å². The Balaban J connectivity index is 2.50. The van der Waals surface area contributed by atoms with E-state index >= 15 is 0 Å². The molecular formula is C14H22N4O2. The van der Waals surface area contributed by atoms with Crippen LogP contribution in [0.25, 0.3) is 0 Å². The molecule has 6 heteroatoms. The van der Waals surface area contributed by atoms with Crippen molar-refractivity contribution in [2.45, 2.75) is 13.5 Å². The number of benzene rings is 1. The second-order valence-corrected chi connectivity index (χ2v) is 4.39. The highest BCUT2D eigenvalue weighted by molar-refractivity contribution is 5.95. The molecule has 0 aliphatic carbocycles. The van der Waals surface area contributed by atoms with Crippen LogP contribution in [-0.4, -0.2) is 43.0 Å². The maximum Gasteiger partial charge on any atom is 0.321 e. The predicted octanol–water partition coefficient (Wildman–Crippen LogP) is 0.293. The average Bonchev–Trinajstić information content (AvgIpc) is 2.40. The Morgan fingerprint density at radius 2 is 1.95 bits per heavy atom. The number of rotatable bonds is 7. The van der Waals surface area contributed by atoms with E-state index in [4.69, 9.17) is 5.73 Å². The third kappa shape index (κ3) is 6.31. The number of urea groups is 1. The molecule has 6 nitrogen and oxygen atoms in total. The highest BCUT2D eigenvalue weighted by atomic mass is 16.2. The van der Waals surface area contributed by atoms with Crippen molar-refractivity contribution < 1.29 is 9.59 Å². The summed E-state index contributed by atoms with van der Waals surface area (Å²) >= 11 is 0. The van der Waals surface area contributed by atoms with Crippen LogP contribution < -0.4 is 16.4 Å². The van der Waals surface area contributed by atoms with Crippen LogP contribution in [0.1, 0.15) is 12.5 Å². The highest BCUT2D eigenvalue weighted by Crippen LogP contribution is 2.03. The molecule has 110 valence electrons. The SMILES string of the molecule is CCNC(=O)NC(=O)CN(CCN)Cc1ccccc1. The first-order valence-electron chi connectivity index (χ1n) is 6.69. The lowest BCUT2D eigenvalue weighted by molar-refractivity contribution is -0.121. The number of nitrogens with two attached hydrogens (primary N) is 1. The molecule has 1 aromatic carbocycles. The van der Waals surface area contributed by atoms with Crippen molar-refractivity contribution in [2.75, 3.05) is 26.2 Å². The Kier molecular flexibility index (Phi) is 7.31. The van der Waals surface area contributed by atoms with E-state index in [9.17, 15) is 9.59 Å². The van der Waals surface area contributed by atoms with E-state index in [2.05, 4.69) is 10.6 Å². The summed E-state index contributed by atoms with van der Waals surface area (Å²) in [5, 5.41) is 4.80. The molecule has 0 spiro atoms. The van der Waals surface area contributed by atoms with Crippen molar-refractivity contribution in [1.82, 2.24) is 15.5 Å². The summed E-state index contributed by atoms with van der Waals surface area (Å²) in [6.07, 6.45) is 0. The molecule has 0 saturated heterocycles. The van der Waals surface area contributed by atoms with Crippen molar-refractivity contribution in [3.05, 3.63) is 35.9 Å². The fraction of sp³-hybridized carbons (Fsp3) is 0.429. The summed E-state index contributed by atoms with van der Waals surface area (Å²) in [5.41, 5.74) is 6.66. The summed E-state index contributed by atoms with van der Waals surface area (Å²) in [6.45, 7) is 4.10. The van der Waals surface area contributed by atoms with Gasteiger partial charge in [-0.15, -0.1) is 0 Å². The van der Waals surface area contributed by atoms with Crippen LogP contribution in [0.4, 0.5) is 4.79 Å². The third-order valence-corrected chi connectivity index (χ3v) is 2.65. The smallest absolute Gasteiger partial charge is 0.321 e. The lowest BCUT2D eigenvalue weighted by atomic mass is 10.2. The molecule has 0 fully saturated rings. The highest BCUT2D eigenvalue weighted by Gasteiger charge is 2.12. The molecule has 0 unspecified atom stereocenters. The first-order valence-corrected chi connectivity index (χ1v) is 6.69. The quantitative estimate of drug-likeness (QED) is 0.669. The van der Waals surface area contributed by atoms with Gasteiger partial charge in [-0.3, -0.25) is 15.0 Å². The van der Waals surface area contributed by atoms with Crippen LogP contribution >= 0.6 is 0 Å². The van der Waals surface area contributed by atoms with Crippen LogP contribution in [0.2, 0.25) is 0 Å². The molecule has 20 heavy (non-hydrogen) atoms. The van der Waals surface area contributed by atoms with Gasteiger partial charge in [0, 0.05) is 26.2 Å². The fourth-order valence-electron chi connectivity index (χ4n) is 1.81. The molecule has 0 saturated carbocycles. The van der Waals surface area contributed by atoms with Gasteiger partial charge >= 0.3 is 6.03 Å². The minimum Gasteiger partial charge on any atom is -0.338 e. The molecule has 0 aliphatic heterocycles. The van der Waals surface area contributed by atoms with Gasteiger partial charge in [-0.05, 0) is 12.5 Å². The van der Waals surface area contributed by atoms with E-state index in [1.54, 1.807) is 6.92 Å². The first-order chi connectivity index (χ1) is 9.65. The number of imide groups is 1. The Labute approximate surface area is 119 Å². The van der Waals surface area contributed by atoms with Crippen LogP contribution in [0.15, 0.2) is 30.3 Å². The zero-order chi connectivity index (χ0) is 14.8. The van der Waals surface area contributed by atoms with Crippen LogP contribution in [-0.2, 0) is 11.3 Å². The number of hydrogen-bond donors (Lipinski definition) is 3. The minimum atomic E-state index is -0.468. The van der Waals surface area contributed by atoms with Gasteiger partial charge in [-0.25, -0.2) is 4.79 Å². The van der Waals surface area contributed by atoms with Gasteiger partial charge in [0.15, 0.2) is 0 Å². The Bertz CT molecular complexity index is 422. The molecule has 0 aromatic heterocycles. The van der Waals surface area contributed by atoms with Gasteiger partial charge in [0.25, 0.3) is 0 Å². The lowest BCUT2D eigenvalue weighted by Gasteiger charge is -2.20. The lowest BCUT2D eigenvalue weighted by Crippen LogP contribution is -2.45. The van der Waals surface area contributed by atoms with E-state index in [1.807, 2.05) is 35.2 Å². The van der Waals surface area contributed by atoms with Crippen molar-refractivity contribution in [3.8, 4) is 0 Å². The number of carbonyl (C=O) groups excluding carboxylic acids is 2. The maximum absolute atomic E-state index is 11.7. The van der Waals surface area contributed by atoms with Gasteiger partial charge in [0.05, 0.1) is 6.54 Å². The number of carbonyl (C=O) groups is 2. The Hall–Kier alpha value is -1.92. The molecule has 1 aromatic rings. The number of hydrogen-bond acceptors (Lipinski definition) is 4. The third-order valence-electron chi connectivity index (χ3n) is 2.65. The van der Waals surface area contributed by atoms with Crippen molar-refractivity contribution in [2.24, 2.45) is 5.73 Å². The molecule has 1 rings (SSSR count). The monoisotopic (exact) mass is 278 g/mol. The van der Waals surface area contributed by atoms with Crippen LogP contribution in [0.5, 0.6) is 0 Å². The minimum absolute atomic E-state index is 0.142. The topological polar surface area (TPSA) is 87.5 Å². The van der Waals surface area contributed by atoms with E-state index < -0.39 is 6.03 Å². The first kappa shape index (κ1) is 16.1. The second kappa shape index (κ2) is 9.06. The van der Waals surface area contributed by atoms with E-state index in [0.29, 0.717) is 26.2 Å². The summed E-state index contributed by atoms with van der Waals surface area (Å²) in [4.78, 5) is 24.9. The number of nitrogens with zero attached hydrogens (tertiary/aromatic N) is 1. The molecule has 0 heterocycles. The van der Waals surface area contributed by atoms with Gasteiger partial charge in [0.2, 0.25) is 5.91 Å². The fourth-order valence-corrected chi connectivity index (χ4v) is 1.81. The number of nitrogens with one attached hydrogen (secondary N) is 2. The molecule has 0 bridgehead atoms. The predicted molar refractivity (Wildman–Crippen MR) is 78.0 cm³/mol. The van der Waals surface area contributed by atoms with E-state index in [0.717, 1.165) is 5.56 Å². The normalized spacial score (nSPS) is 10.3. The van der Waals surface area contributed by atoms with Crippen LogP contribution in [0.3, 0.4) is 0 Å². The maximum atomic E-state index is 11.7. The molecule has 4 N–H and O–H groups in total. The zero-order valence-electron chi connectivity index (χ0n) is 11.8. The van der Waals surface area contributed by atoms with E-state index in [1.165, 1.54) is 0 Å². The molecule has 0 atom stereocenters. The molecular weight excluding hydrogens is 256 g/mol.